The molecule has 0 saturated heterocycles. The standard InChI is InChI=1S/C15H22ClNO2/c1-11(2)17(12(3)4)9-10-19-14-8-6-5-7-13(14)15(16)18/h5-8,11-12H,9-10H2,1-4H3. The average Bonchev–Trinajstić information content (AvgIpc) is 2.33. The minimum atomic E-state index is -0.486. The molecule has 0 amide bonds. The quantitative estimate of drug-likeness (QED) is 0.717. The zero-order valence-corrected chi connectivity index (χ0v) is 12.8. The second-order valence-corrected chi connectivity index (χ2v) is 5.39. The van der Waals surface area contributed by atoms with Crippen LogP contribution in [0.3, 0.4) is 0 Å². The molecule has 19 heavy (non-hydrogen) atoms. The number of rotatable bonds is 7. The Bertz CT molecular complexity index is 410. The Morgan fingerprint density at radius 2 is 1.79 bits per heavy atom. The van der Waals surface area contributed by atoms with Gasteiger partial charge >= 0.3 is 0 Å². The van der Waals surface area contributed by atoms with Crippen molar-refractivity contribution in [1.82, 2.24) is 4.90 Å². The fraction of sp³-hybridized carbons (Fsp3) is 0.533. The van der Waals surface area contributed by atoms with Gasteiger partial charge in [0, 0.05) is 18.6 Å². The second-order valence-electron chi connectivity index (χ2n) is 5.04. The van der Waals surface area contributed by atoms with Crippen molar-refractivity contribution in [3.05, 3.63) is 29.8 Å². The molecule has 0 fully saturated rings. The van der Waals surface area contributed by atoms with Crippen LogP contribution in [0.25, 0.3) is 0 Å². The number of hydrogen-bond donors (Lipinski definition) is 0. The molecule has 1 aromatic carbocycles. The molecule has 0 atom stereocenters. The van der Waals surface area contributed by atoms with Gasteiger partial charge in [0.1, 0.15) is 12.4 Å². The van der Waals surface area contributed by atoms with Gasteiger partial charge < -0.3 is 4.74 Å². The van der Waals surface area contributed by atoms with E-state index in [0.29, 0.717) is 30.0 Å². The lowest BCUT2D eigenvalue weighted by Crippen LogP contribution is -2.39. The predicted molar refractivity (Wildman–Crippen MR) is 79.1 cm³/mol. The van der Waals surface area contributed by atoms with Gasteiger partial charge in [0.15, 0.2) is 0 Å². The molecule has 0 N–H and O–H groups in total. The molecule has 0 heterocycles. The summed E-state index contributed by atoms with van der Waals surface area (Å²) in [7, 11) is 0. The summed E-state index contributed by atoms with van der Waals surface area (Å²) < 4.78 is 5.68. The fourth-order valence-corrected chi connectivity index (χ4v) is 2.28. The van der Waals surface area contributed by atoms with Crippen molar-refractivity contribution in [3.8, 4) is 5.75 Å². The van der Waals surface area contributed by atoms with E-state index in [1.807, 2.05) is 6.07 Å². The number of carbonyl (C=O) groups is 1. The Kier molecular flexibility index (Phi) is 6.32. The molecule has 0 spiro atoms. The zero-order chi connectivity index (χ0) is 14.4. The summed E-state index contributed by atoms with van der Waals surface area (Å²) in [5, 5.41) is -0.486. The van der Waals surface area contributed by atoms with Crippen molar-refractivity contribution in [1.29, 1.82) is 0 Å². The molecular formula is C15H22ClNO2. The molecule has 106 valence electrons. The van der Waals surface area contributed by atoms with E-state index in [4.69, 9.17) is 16.3 Å². The van der Waals surface area contributed by atoms with Crippen molar-refractivity contribution in [2.75, 3.05) is 13.2 Å². The fourth-order valence-electron chi connectivity index (χ4n) is 2.13. The first-order valence-electron chi connectivity index (χ1n) is 6.61. The highest BCUT2D eigenvalue weighted by Crippen LogP contribution is 2.19. The highest BCUT2D eigenvalue weighted by molar-refractivity contribution is 6.68. The topological polar surface area (TPSA) is 29.5 Å². The van der Waals surface area contributed by atoms with Crippen LogP contribution in [0.1, 0.15) is 38.1 Å². The molecule has 0 bridgehead atoms. The predicted octanol–water partition coefficient (Wildman–Crippen LogP) is 3.56. The van der Waals surface area contributed by atoms with Gasteiger partial charge in [-0.2, -0.15) is 0 Å². The molecule has 0 unspecified atom stereocenters. The minimum absolute atomic E-state index is 0.421. The summed E-state index contributed by atoms with van der Waals surface area (Å²) in [4.78, 5) is 13.6. The lowest BCUT2D eigenvalue weighted by Gasteiger charge is -2.30. The first-order chi connectivity index (χ1) is 8.93. The Morgan fingerprint density at radius 3 is 2.32 bits per heavy atom. The molecule has 0 aliphatic carbocycles. The highest BCUT2D eigenvalue weighted by atomic mass is 35.5. The lowest BCUT2D eigenvalue weighted by atomic mass is 10.2. The Balaban J connectivity index is 2.60. The normalized spacial score (nSPS) is 11.4. The minimum Gasteiger partial charge on any atom is -0.491 e. The maximum Gasteiger partial charge on any atom is 0.256 e. The molecule has 4 heteroatoms. The van der Waals surface area contributed by atoms with Gasteiger partial charge in [0.2, 0.25) is 0 Å². The van der Waals surface area contributed by atoms with Crippen LogP contribution >= 0.6 is 11.6 Å². The lowest BCUT2D eigenvalue weighted by molar-refractivity contribution is 0.107. The van der Waals surface area contributed by atoms with E-state index in [0.717, 1.165) is 6.54 Å². The number of hydrogen-bond acceptors (Lipinski definition) is 3. The number of benzene rings is 1. The number of halogens is 1. The molecular weight excluding hydrogens is 262 g/mol. The summed E-state index contributed by atoms with van der Waals surface area (Å²) >= 11 is 5.52. The van der Waals surface area contributed by atoms with Gasteiger partial charge in [-0.25, -0.2) is 0 Å². The van der Waals surface area contributed by atoms with Crippen LogP contribution < -0.4 is 4.74 Å². The summed E-state index contributed by atoms with van der Waals surface area (Å²) in [6.45, 7) is 10.0. The SMILES string of the molecule is CC(C)N(CCOc1ccccc1C(=O)Cl)C(C)C. The van der Waals surface area contributed by atoms with Gasteiger partial charge in [0.05, 0.1) is 5.56 Å². The third-order valence-electron chi connectivity index (χ3n) is 3.03. The maximum absolute atomic E-state index is 11.3. The Hall–Kier alpha value is -1.06. The number of ether oxygens (including phenoxy) is 1. The van der Waals surface area contributed by atoms with Crippen molar-refractivity contribution in [2.24, 2.45) is 0 Å². The van der Waals surface area contributed by atoms with Gasteiger partial charge in [-0.3, -0.25) is 9.69 Å². The van der Waals surface area contributed by atoms with Crippen LogP contribution in [0.5, 0.6) is 5.75 Å². The van der Waals surface area contributed by atoms with E-state index in [1.165, 1.54) is 0 Å². The van der Waals surface area contributed by atoms with Crippen LogP contribution in [-0.4, -0.2) is 35.4 Å². The highest BCUT2D eigenvalue weighted by Gasteiger charge is 2.14. The third-order valence-corrected chi connectivity index (χ3v) is 3.24. The van der Waals surface area contributed by atoms with Crippen molar-refractivity contribution in [3.63, 3.8) is 0 Å². The zero-order valence-electron chi connectivity index (χ0n) is 12.0. The third kappa shape index (κ3) is 4.84. The van der Waals surface area contributed by atoms with Crippen LogP contribution in [0.2, 0.25) is 0 Å². The van der Waals surface area contributed by atoms with E-state index >= 15 is 0 Å². The van der Waals surface area contributed by atoms with E-state index in [9.17, 15) is 4.79 Å². The van der Waals surface area contributed by atoms with Gasteiger partial charge in [-0.05, 0) is 51.4 Å². The summed E-state index contributed by atoms with van der Waals surface area (Å²) in [5.74, 6) is 0.551. The average molecular weight is 284 g/mol. The van der Waals surface area contributed by atoms with Crippen LogP contribution in [0.4, 0.5) is 0 Å². The van der Waals surface area contributed by atoms with E-state index in [1.54, 1.807) is 18.2 Å². The molecule has 0 radical (unpaired) electrons. The van der Waals surface area contributed by atoms with Crippen LogP contribution in [0, 0.1) is 0 Å². The van der Waals surface area contributed by atoms with E-state index in [-0.39, 0.29) is 0 Å². The van der Waals surface area contributed by atoms with Crippen molar-refractivity contribution < 1.29 is 9.53 Å². The Labute approximate surface area is 120 Å². The first-order valence-corrected chi connectivity index (χ1v) is 6.98. The number of carbonyl (C=O) groups excluding carboxylic acids is 1. The van der Waals surface area contributed by atoms with Gasteiger partial charge in [0.25, 0.3) is 5.24 Å². The maximum atomic E-state index is 11.3. The number of nitrogens with zero attached hydrogens (tertiary/aromatic N) is 1. The van der Waals surface area contributed by atoms with Crippen LogP contribution in [0.15, 0.2) is 24.3 Å². The molecule has 0 aliphatic heterocycles. The largest absolute Gasteiger partial charge is 0.491 e. The summed E-state index contributed by atoms with van der Waals surface area (Å²) in [6.07, 6.45) is 0. The van der Waals surface area contributed by atoms with E-state index in [2.05, 4.69) is 32.6 Å². The van der Waals surface area contributed by atoms with Gasteiger partial charge in [-0.1, -0.05) is 12.1 Å². The number of para-hydroxylation sites is 1. The second kappa shape index (κ2) is 7.51. The molecule has 3 nitrogen and oxygen atoms in total. The first kappa shape index (κ1) is 16.0. The molecule has 0 aliphatic rings. The van der Waals surface area contributed by atoms with Crippen LogP contribution in [-0.2, 0) is 0 Å². The summed E-state index contributed by atoms with van der Waals surface area (Å²) in [5.41, 5.74) is 0.421. The summed E-state index contributed by atoms with van der Waals surface area (Å²) in [6, 6.07) is 7.98. The van der Waals surface area contributed by atoms with Gasteiger partial charge in [-0.15, -0.1) is 0 Å². The molecule has 0 saturated carbocycles. The molecule has 1 aromatic rings. The monoisotopic (exact) mass is 283 g/mol. The van der Waals surface area contributed by atoms with E-state index < -0.39 is 5.24 Å². The molecule has 0 aromatic heterocycles. The van der Waals surface area contributed by atoms with Crippen molar-refractivity contribution in [2.45, 2.75) is 39.8 Å². The Morgan fingerprint density at radius 1 is 1.21 bits per heavy atom. The van der Waals surface area contributed by atoms with Crippen molar-refractivity contribution >= 4 is 16.8 Å². The smallest absolute Gasteiger partial charge is 0.256 e. The molecule has 1 rings (SSSR count).